The maximum absolute atomic E-state index is 13.2. The number of sulfonamides is 1. The summed E-state index contributed by atoms with van der Waals surface area (Å²) >= 11 is 0. The lowest BCUT2D eigenvalue weighted by atomic mass is 9.63. The van der Waals surface area contributed by atoms with Crippen molar-refractivity contribution in [2.24, 2.45) is 5.10 Å². The van der Waals surface area contributed by atoms with Crippen molar-refractivity contribution in [1.82, 2.24) is 4.83 Å². The first kappa shape index (κ1) is 27.6. The molecule has 206 valence electrons. The second kappa shape index (κ2) is 9.89. The van der Waals surface area contributed by atoms with Crippen LogP contribution in [0.25, 0.3) is 10.8 Å². The van der Waals surface area contributed by atoms with Gasteiger partial charge in [-0.15, -0.1) is 0 Å². The van der Waals surface area contributed by atoms with Gasteiger partial charge in [0, 0.05) is 11.1 Å². The number of carboxylic acid groups (broad SMARTS) is 1. The Bertz CT molecular complexity index is 1770. The summed E-state index contributed by atoms with van der Waals surface area (Å²) in [5.41, 5.74) is 5.72. The number of aryl methyl sites for hydroxylation is 1. The van der Waals surface area contributed by atoms with Crippen molar-refractivity contribution in [2.45, 2.75) is 63.2 Å². The average molecular weight is 555 g/mol. The van der Waals surface area contributed by atoms with Gasteiger partial charge in [-0.05, 0) is 88.9 Å². The van der Waals surface area contributed by atoms with Crippen LogP contribution < -0.4 is 4.83 Å². The summed E-state index contributed by atoms with van der Waals surface area (Å²) in [4.78, 5) is 14.0. The third-order valence-corrected chi connectivity index (χ3v) is 9.32. The molecule has 2 N–H and O–H groups in total. The molecule has 0 amide bonds. The molecule has 1 aliphatic carbocycles. The van der Waals surface area contributed by atoms with Gasteiger partial charge < -0.3 is 5.11 Å². The molecule has 0 saturated heterocycles. The Morgan fingerprint density at radius 2 is 1.27 bits per heavy atom. The van der Waals surface area contributed by atoms with Gasteiger partial charge in [0.2, 0.25) is 0 Å². The minimum atomic E-state index is -3.91. The fraction of sp³-hybridized carbons (Fsp3) is 0.273. The van der Waals surface area contributed by atoms with Crippen LogP contribution in [0.2, 0.25) is 0 Å². The smallest absolute Gasteiger partial charge is 0.335 e. The van der Waals surface area contributed by atoms with Gasteiger partial charge in [-0.2, -0.15) is 18.4 Å². The van der Waals surface area contributed by atoms with Gasteiger partial charge in [0.1, 0.15) is 0 Å². The summed E-state index contributed by atoms with van der Waals surface area (Å²) < 4.78 is 26.3. The Hall–Kier alpha value is -3.97. The quantitative estimate of drug-likeness (QED) is 0.200. The summed E-state index contributed by atoms with van der Waals surface area (Å²) in [5.74, 6) is -0.988. The van der Waals surface area contributed by atoms with E-state index in [1.165, 1.54) is 11.1 Å². The second-order valence-corrected chi connectivity index (χ2v) is 13.6. The highest BCUT2D eigenvalue weighted by atomic mass is 32.2. The summed E-state index contributed by atoms with van der Waals surface area (Å²) in [7, 11) is -3.91. The fourth-order valence-corrected chi connectivity index (χ4v) is 6.24. The first-order valence-corrected chi connectivity index (χ1v) is 14.8. The van der Waals surface area contributed by atoms with E-state index < -0.39 is 16.0 Å². The van der Waals surface area contributed by atoms with Gasteiger partial charge in [0.25, 0.3) is 10.0 Å². The van der Waals surface area contributed by atoms with Crippen LogP contribution in [0, 0.1) is 6.92 Å². The van der Waals surface area contributed by atoms with Gasteiger partial charge in [-0.25, -0.2) is 4.79 Å². The maximum Gasteiger partial charge on any atom is 0.335 e. The fourth-order valence-electron chi connectivity index (χ4n) is 5.43. The van der Waals surface area contributed by atoms with Gasteiger partial charge in [-0.1, -0.05) is 75.7 Å². The van der Waals surface area contributed by atoms with Crippen molar-refractivity contribution in [1.29, 1.82) is 0 Å². The number of nitrogens with zero attached hydrogens (tertiary/aromatic N) is 1. The van der Waals surface area contributed by atoms with Crippen LogP contribution in [0.1, 0.15) is 78.7 Å². The highest BCUT2D eigenvalue weighted by Gasteiger charge is 2.37. The zero-order valence-corrected chi connectivity index (χ0v) is 24.3. The normalized spacial score (nSPS) is 16.4. The maximum atomic E-state index is 13.2. The third-order valence-electron chi connectivity index (χ3n) is 8.10. The van der Waals surface area contributed by atoms with Crippen LogP contribution in [-0.4, -0.2) is 25.2 Å². The number of aromatic carboxylic acids is 1. The Morgan fingerprint density at radius 1 is 0.750 bits per heavy atom. The molecule has 0 bridgehead atoms. The van der Waals surface area contributed by atoms with Gasteiger partial charge in [0.05, 0.1) is 16.2 Å². The molecule has 0 saturated carbocycles. The number of hydrazone groups is 1. The van der Waals surface area contributed by atoms with E-state index in [0.29, 0.717) is 5.71 Å². The van der Waals surface area contributed by atoms with Crippen LogP contribution >= 0.6 is 0 Å². The largest absolute Gasteiger partial charge is 0.478 e. The van der Waals surface area contributed by atoms with Crippen molar-refractivity contribution in [3.8, 4) is 0 Å². The summed E-state index contributed by atoms with van der Waals surface area (Å²) in [5, 5.41) is 15.5. The zero-order valence-electron chi connectivity index (χ0n) is 23.4. The lowest BCUT2D eigenvalue weighted by molar-refractivity contribution is 0.0697. The Labute approximate surface area is 235 Å². The molecule has 7 heteroatoms. The number of rotatable bonds is 6. The molecule has 0 spiro atoms. The average Bonchev–Trinajstić information content (AvgIpc) is 2.91. The minimum absolute atomic E-state index is 0.0377. The van der Waals surface area contributed by atoms with Crippen LogP contribution in [-0.2, 0) is 20.9 Å². The molecule has 4 aromatic rings. The first-order chi connectivity index (χ1) is 18.8. The van der Waals surface area contributed by atoms with Crippen molar-refractivity contribution in [3.63, 3.8) is 0 Å². The lowest BCUT2D eigenvalue weighted by Crippen LogP contribution is -2.34. The Kier molecular flexibility index (Phi) is 6.83. The Balaban J connectivity index is 1.65. The molecule has 0 fully saturated rings. The highest BCUT2D eigenvalue weighted by molar-refractivity contribution is 7.89. The summed E-state index contributed by atoms with van der Waals surface area (Å²) in [6, 6.07) is 23.5. The molecular formula is C33H34N2O4S. The number of carbonyl (C=O) groups is 1. The van der Waals surface area contributed by atoms with Crippen LogP contribution in [0.3, 0.4) is 0 Å². The molecule has 0 aliphatic heterocycles. The SMILES string of the molecule is Cc1ccc(S(=O)(=O)N/N=C(/c2ccc3c(c2)C(C)(C)CCC3(C)C)c2ccc3cc(C(=O)O)ccc3c2)cc1. The summed E-state index contributed by atoms with van der Waals surface area (Å²) in [6.45, 7) is 10.9. The molecule has 0 radical (unpaired) electrons. The van der Waals surface area contributed by atoms with Crippen molar-refractivity contribution in [3.05, 3.63) is 112 Å². The van der Waals surface area contributed by atoms with E-state index in [1.807, 2.05) is 31.2 Å². The Morgan fingerprint density at radius 3 is 1.90 bits per heavy atom. The predicted molar refractivity (Wildman–Crippen MR) is 160 cm³/mol. The van der Waals surface area contributed by atoms with E-state index >= 15 is 0 Å². The molecule has 5 rings (SSSR count). The van der Waals surface area contributed by atoms with E-state index in [2.05, 4.69) is 49.8 Å². The molecule has 40 heavy (non-hydrogen) atoms. The standard InChI is InChI=1S/C33H34N2O4S/c1-21-6-13-27(14-7-21)40(38,39)35-34-30(24-10-8-23-19-26(31(36)37)11-9-22(23)18-24)25-12-15-28-29(20-25)33(4,5)17-16-32(28,2)3/h6-15,18-20,35H,16-17H2,1-5H3,(H,36,37)/b34-30+. The number of fused-ring (bicyclic) bond motifs is 2. The number of benzene rings is 4. The number of hydrogen-bond acceptors (Lipinski definition) is 4. The molecule has 0 aromatic heterocycles. The van der Waals surface area contributed by atoms with E-state index in [9.17, 15) is 18.3 Å². The van der Waals surface area contributed by atoms with Gasteiger partial charge >= 0.3 is 5.97 Å². The number of hydrogen-bond donors (Lipinski definition) is 2. The van der Waals surface area contributed by atoms with Crippen LogP contribution in [0.5, 0.6) is 0 Å². The van der Waals surface area contributed by atoms with Gasteiger partial charge in [-0.3, -0.25) is 0 Å². The van der Waals surface area contributed by atoms with Crippen molar-refractivity contribution in [2.75, 3.05) is 0 Å². The molecule has 4 aromatic carbocycles. The molecule has 0 heterocycles. The van der Waals surface area contributed by atoms with Crippen LogP contribution in [0.4, 0.5) is 0 Å². The summed E-state index contributed by atoms with van der Waals surface area (Å²) in [6.07, 6.45) is 2.14. The zero-order chi connectivity index (χ0) is 28.9. The van der Waals surface area contributed by atoms with Gasteiger partial charge in [0.15, 0.2) is 0 Å². The molecular weight excluding hydrogens is 520 g/mol. The van der Waals surface area contributed by atoms with E-state index in [-0.39, 0.29) is 21.3 Å². The molecule has 0 atom stereocenters. The number of nitrogens with one attached hydrogen (secondary N) is 1. The van der Waals surface area contributed by atoms with Crippen molar-refractivity contribution >= 4 is 32.5 Å². The molecule has 6 nitrogen and oxygen atoms in total. The van der Waals surface area contributed by atoms with Crippen molar-refractivity contribution < 1.29 is 18.3 Å². The third kappa shape index (κ3) is 5.26. The lowest BCUT2D eigenvalue weighted by Gasteiger charge is -2.42. The second-order valence-electron chi connectivity index (χ2n) is 12.0. The van der Waals surface area contributed by atoms with Crippen LogP contribution in [0.15, 0.2) is 88.9 Å². The number of carboxylic acids is 1. The monoisotopic (exact) mass is 554 g/mol. The molecule has 0 unspecified atom stereocenters. The topological polar surface area (TPSA) is 95.8 Å². The van der Waals surface area contributed by atoms with E-state index in [1.54, 1.807) is 42.5 Å². The van der Waals surface area contributed by atoms with E-state index in [4.69, 9.17) is 0 Å². The molecule has 1 aliphatic rings. The highest BCUT2D eigenvalue weighted by Crippen LogP contribution is 2.46. The van der Waals surface area contributed by atoms with E-state index in [0.717, 1.165) is 40.3 Å². The predicted octanol–water partition coefficient (Wildman–Crippen LogP) is 6.93. The first-order valence-electron chi connectivity index (χ1n) is 13.4. The minimum Gasteiger partial charge on any atom is -0.478 e.